The highest BCUT2D eigenvalue weighted by Gasteiger charge is 2.37. The van der Waals surface area contributed by atoms with Crippen LogP contribution in [0.5, 0.6) is 0 Å². The summed E-state index contributed by atoms with van der Waals surface area (Å²) in [5, 5.41) is 19.4. The second-order valence-corrected chi connectivity index (χ2v) is 8.62. The number of aromatic amines is 1. The first-order chi connectivity index (χ1) is 17.0. The standard InChI is InChI=1S/C26H33N7O2/c1-6-16-26(34-4,35-5)25-27-23(33(30-25)18(3)7-2)17-19-12-14-20(15-13-19)21-10-8-9-11-22(21)24-28-31-32-29-24/h8-15,18H,6-7,16-17H2,1-5H3,(H,28,29,31,32). The summed E-state index contributed by atoms with van der Waals surface area (Å²) < 4.78 is 13.6. The molecule has 2 heterocycles. The fourth-order valence-corrected chi connectivity index (χ4v) is 4.26. The van der Waals surface area contributed by atoms with E-state index >= 15 is 0 Å². The van der Waals surface area contributed by atoms with Crippen LogP contribution in [0.3, 0.4) is 0 Å². The number of ether oxygens (including phenoxy) is 2. The third-order valence-electron chi connectivity index (χ3n) is 6.43. The summed E-state index contributed by atoms with van der Waals surface area (Å²) in [5.41, 5.74) is 4.21. The summed E-state index contributed by atoms with van der Waals surface area (Å²) >= 11 is 0. The summed E-state index contributed by atoms with van der Waals surface area (Å²) in [6, 6.07) is 16.7. The van der Waals surface area contributed by atoms with Crippen molar-refractivity contribution in [2.75, 3.05) is 14.2 Å². The van der Waals surface area contributed by atoms with Crippen LogP contribution in [0.4, 0.5) is 0 Å². The number of H-pyrrole nitrogens is 1. The highest BCUT2D eigenvalue weighted by atomic mass is 16.7. The number of hydrogen-bond donors (Lipinski definition) is 1. The molecule has 0 aliphatic carbocycles. The minimum Gasteiger partial charge on any atom is -0.347 e. The van der Waals surface area contributed by atoms with Gasteiger partial charge in [-0.1, -0.05) is 68.8 Å². The van der Waals surface area contributed by atoms with Gasteiger partial charge in [0.05, 0.1) is 6.04 Å². The van der Waals surface area contributed by atoms with Crippen LogP contribution in [-0.2, 0) is 21.7 Å². The Labute approximate surface area is 205 Å². The van der Waals surface area contributed by atoms with Gasteiger partial charge in [0.25, 0.3) is 0 Å². The Morgan fingerprint density at radius 1 is 1.00 bits per heavy atom. The molecule has 1 unspecified atom stereocenters. The zero-order valence-electron chi connectivity index (χ0n) is 21.0. The predicted octanol–water partition coefficient (Wildman–Crippen LogP) is 4.93. The Balaban J connectivity index is 1.65. The van der Waals surface area contributed by atoms with Crippen molar-refractivity contribution < 1.29 is 9.47 Å². The van der Waals surface area contributed by atoms with Gasteiger partial charge in [0.1, 0.15) is 5.82 Å². The smallest absolute Gasteiger partial charge is 0.231 e. The van der Waals surface area contributed by atoms with Gasteiger partial charge in [-0.05, 0) is 35.2 Å². The molecule has 9 nitrogen and oxygen atoms in total. The van der Waals surface area contributed by atoms with E-state index < -0.39 is 5.79 Å². The van der Waals surface area contributed by atoms with Crippen molar-refractivity contribution in [2.24, 2.45) is 0 Å². The van der Waals surface area contributed by atoms with Gasteiger partial charge in [-0.25, -0.2) is 9.67 Å². The van der Waals surface area contributed by atoms with Crippen molar-refractivity contribution in [3.05, 3.63) is 65.7 Å². The highest BCUT2D eigenvalue weighted by Crippen LogP contribution is 2.32. The fourth-order valence-electron chi connectivity index (χ4n) is 4.26. The van der Waals surface area contributed by atoms with E-state index in [1.807, 2.05) is 22.9 Å². The molecular weight excluding hydrogens is 442 g/mol. The minimum atomic E-state index is -0.940. The quantitative estimate of drug-likeness (QED) is 0.307. The first-order valence-corrected chi connectivity index (χ1v) is 12.0. The third-order valence-corrected chi connectivity index (χ3v) is 6.43. The maximum atomic E-state index is 5.77. The Hall–Kier alpha value is -3.43. The van der Waals surface area contributed by atoms with Crippen LogP contribution in [0.1, 0.15) is 63.3 Å². The lowest BCUT2D eigenvalue weighted by atomic mass is 9.97. The second-order valence-electron chi connectivity index (χ2n) is 8.62. The van der Waals surface area contributed by atoms with Crippen LogP contribution in [0.25, 0.3) is 22.5 Å². The van der Waals surface area contributed by atoms with Crippen LogP contribution in [0, 0.1) is 0 Å². The molecule has 0 aliphatic heterocycles. The number of tetrazole rings is 1. The van der Waals surface area contributed by atoms with E-state index in [2.05, 4.69) is 71.7 Å². The lowest BCUT2D eigenvalue weighted by molar-refractivity contribution is -0.225. The topological polar surface area (TPSA) is 104 Å². The molecule has 184 valence electrons. The molecule has 0 saturated carbocycles. The molecule has 0 spiro atoms. The molecule has 2 aromatic carbocycles. The van der Waals surface area contributed by atoms with Gasteiger partial charge in [0, 0.05) is 32.6 Å². The first-order valence-electron chi connectivity index (χ1n) is 12.0. The fraction of sp³-hybridized carbons (Fsp3) is 0.423. The number of benzene rings is 2. The van der Waals surface area contributed by atoms with Crippen LogP contribution >= 0.6 is 0 Å². The van der Waals surface area contributed by atoms with Crippen molar-refractivity contribution >= 4 is 0 Å². The van der Waals surface area contributed by atoms with Gasteiger partial charge < -0.3 is 9.47 Å². The molecule has 1 N–H and O–H groups in total. The molecular formula is C26H33N7O2. The van der Waals surface area contributed by atoms with Crippen LogP contribution in [0.15, 0.2) is 48.5 Å². The molecule has 0 aliphatic rings. The maximum absolute atomic E-state index is 5.77. The summed E-state index contributed by atoms with van der Waals surface area (Å²) in [4.78, 5) is 4.91. The van der Waals surface area contributed by atoms with E-state index in [1.54, 1.807) is 14.2 Å². The summed E-state index contributed by atoms with van der Waals surface area (Å²) in [6.07, 6.45) is 3.17. The van der Waals surface area contributed by atoms with Gasteiger partial charge in [-0.15, -0.1) is 15.3 Å². The lowest BCUT2D eigenvalue weighted by Crippen LogP contribution is -2.32. The molecule has 0 fully saturated rings. The van der Waals surface area contributed by atoms with Crippen LogP contribution < -0.4 is 0 Å². The molecule has 0 radical (unpaired) electrons. The number of rotatable bonds is 11. The Kier molecular flexibility index (Phi) is 7.67. The highest BCUT2D eigenvalue weighted by molar-refractivity contribution is 5.80. The third kappa shape index (κ3) is 5.01. The average Bonchev–Trinajstić information content (AvgIpc) is 3.58. The number of nitrogens with zero attached hydrogens (tertiary/aromatic N) is 6. The Bertz CT molecular complexity index is 1210. The number of nitrogens with one attached hydrogen (secondary N) is 1. The lowest BCUT2D eigenvalue weighted by Gasteiger charge is -2.27. The van der Waals surface area contributed by atoms with Gasteiger partial charge in [0.2, 0.25) is 17.4 Å². The minimum absolute atomic E-state index is 0.209. The molecule has 1 atom stereocenters. The molecule has 0 bridgehead atoms. The van der Waals surface area contributed by atoms with Crippen molar-refractivity contribution in [3.8, 4) is 22.5 Å². The van der Waals surface area contributed by atoms with Crippen molar-refractivity contribution in [3.63, 3.8) is 0 Å². The second kappa shape index (κ2) is 10.9. The average molecular weight is 476 g/mol. The van der Waals surface area contributed by atoms with E-state index in [4.69, 9.17) is 19.6 Å². The molecule has 35 heavy (non-hydrogen) atoms. The predicted molar refractivity (Wildman–Crippen MR) is 133 cm³/mol. The Morgan fingerprint density at radius 2 is 1.71 bits per heavy atom. The van der Waals surface area contributed by atoms with E-state index in [9.17, 15) is 0 Å². The largest absolute Gasteiger partial charge is 0.347 e. The monoisotopic (exact) mass is 475 g/mol. The molecule has 4 rings (SSSR count). The number of aromatic nitrogens is 7. The van der Waals surface area contributed by atoms with Crippen molar-refractivity contribution in [1.82, 2.24) is 35.4 Å². The summed E-state index contributed by atoms with van der Waals surface area (Å²) in [7, 11) is 3.29. The molecule has 0 amide bonds. The van der Waals surface area contributed by atoms with Crippen LogP contribution in [0.2, 0.25) is 0 Å². The SMILES string of the molecule is CCCC(OC)(OC)c1nc(Cc2ccc(-c3ccccc3-c3nn[nH]n3)cc2)n(C(C)CC)n1. The zero-order valence-corrected chi connectivity index (χ0v) is 21.0. The zero-order chi connectivity index (χ0) is 24.8. The molecule has 0 saturated heterocycles. The van der Waals surface area contributed by atoms with E-state index in [0.717, 1.165) is 40.9 Å². The van der Waals surface area contributed by atoms with Gasteiger partial charge in [-0.2, -0.15) is 5.21 Å². The summed E-state index contributed by atoms with van der Waals surface area (Å²) in [5.74, 6) is 1.10. The number of methoxy groups -OCH3 is 2. The molecule has 9 heteroatoms. The van der Waals surface area contributed by atoms with Crippen LogP contribution in [-0.4, -0.2) is 49.6 Å². The first kappa shape index (κ1) is 24.7. The molecule has 4 aromatic rings. The number of hydrogen-bond acceptors (Lipinski definition) is 7. The Morgan fingerprint density at radius 3 is 2.31 bits per heavy atom. The normalized spacial score (nSPS) is 12.7. The van der Waals surface area contributed by atoms with Gasteiger partial charge in [0.15, 0.2) is 0 Å². The molecule has 2 aromatic heterocycles. The maximum Gasteiger partial charge on any atom is 0.231 e. The van der Waals surface area contributed by atoms with E-state index in [1.165, 1.54) is 0 Å². The van der Waals surface area contributed by atoms with Crippen molar-refractivity contribution in [1.29, 1.82) is 0 Å². The summed E-state index contributed by atoms with van der Waals surface area (Å²) in [6.45, 7) is 6.40. The van der Waals surface area contributed by atoms with Crippen molar-refractivity contribution in [2.45, 2.75) is 58.3 Å². The van der Waals surface area contributed by atoms with E-state index in [-0.39, 0.29) is 6.04 Å². The van der Waals surface area contributed by atoms with E-state index in [0.29, 0.717) is 24.5 Å². The van der Waals surface area contributed by atoms with Gasteiger partial charge in [-0.3, -0.25) is 0 Å². The van der Waals surface area contributed by atoms with Gasteiger partial charge >= 0.3 is 0 Å².